The fourth-order valence-electron chi connectivity index (χ4n) is 2.92. The third-order valence-electron chi connectivity index (χ3n) is 4.51. The molecule has 2 aromatic heterocycles. The second kappa shape index (κ2) is 8.88. The first-order chi connectivity index (χ1) is 15.4. The molecule has 33 heavy (non-hydrogen) atoms. The van der Waals surface area contributed by atoms with Gasteiger partial charge in [0.15, 0.2) is 0 Å². The minimum Gasteiger partial charge on any atom is -0.478 e. The number of carbonyl (C=O) groups is 2. The molecule has 0 radical (unpaired) electrons. The molecule has 0 aliphatic carbocycles. The maximum absolute atomic E-state index is 13.6. The Morgan fingerprint density at radius 3 is 2.06 bits per heavy atom. The highest BCUT2D eigenvalue weighted by Crippen LogP contribution is 2.36. The molecule has 0 saturated heterocycles. The van der Waals surface area contributed by atoms with Gasteiger partial charge in [-0.3, -0.25) is 14.8 Å². The van der Waals surface area contributed by atoms with Crippen molar-refractivity contribution >= 4 is 11.9 Å². The summed E-state index contributed by atoms with van der Waals surface area (Å²) in [6.45, 7) is 0. The molecule has 2 heterocycles. The molecule has 3 rings (SSSR count). The summed E-state index contributed by atoms with van der Waals surface area (Å²) in [5.74, 6) is -2.30. The van der Waals surface area contributed by atoms with Crippen LogP contribution in [0.15, 0.2) is 60.9 Å². The van der Waals surface area contributed by atoms with Crippen LogP contribution >= 0.6 is 0 Å². The first-order valence-electron chi connectivity index (χ1n) is 9.07. The van der Waals surface area contributed by atoms with E-state index in [-0.39, 0.29) is 16.8 Å². The molecular weight excluding hydrogens is 456 g/mol. The number of aromatic carboxylic acids is 1. The predicted octanol–water partition coefficient (Wildman–Crippen LogP) is 4.73. The Labute approximate surface area is 181 Å². The second-order valence-corrected chi connectivity index (χ2v) is 6.70. The smallest absolute Gasteiger partial charge is 0.418 e. The highest BCUT2D eigenvalue weighted by atomic mass is 19.4. The van der Waals surface area contributed by atoms with Gasteiger partial charge >= 0.3 is 18.3 Å². The number of carboxylic acid groups (broad SMARTS) is 1. The number of rotatable bonds is 5. The van der Waals surface area contributed by atoms with Crippen molar-refractivity contribution in [3.05, 3.63) is 94.6 Å². The second-order valence-electron chi connectivity index (χ2n) is 6.70. The van der Waals surface area contributed by atoms with Crippen LogP contribution in [0.3, 0.4) is 0 Å². The lowest BCUT2D eigenvalue weighted by atomic mass is 9.97. The average molecular weight is 469 g/mol. The Kier molecular flexibility index (Phi) is 6.38. The van der Waals surface area contributed by atoms with Crippen molar-refractivity contribution in [2.45, 2.75) is 18.4 Å². The number of aromatic nitrogens is 2. The minimum absolute atomic E-state index is 0.0947. The largest absolute Gasteiger partial charge is 0.478 e. The van der Waals surface area contributed by atoms with E-state index in [9.17, 15) is 35.9 Å². The van der Waals surface area contributed by atoms with E-state index in [0.29, 0.717) is 12.1 Å². The topological polar surface area (TPSA) is 92.2 Å². The summed E-state index contributed by atoms with van der Waals surface area (Å²) in [5.41, 5.74) is -3.50. The molecule has 0 saturated carbocycles. The van der Waals surface area contributed by atoms with Gasteiger partial charge in [-0.2, -0.15) is 26.3 Å². The summed E-state index contributed by atoms with van der Waals surface area (Å²) in [4.78, 5) is 31.0. The summed E-state index contributed by atoms with van der Waals surface area (Å²) in [6.07, 6.45) is -7.60. The highest BCUT2D eigenvalue weighted by molar-refractivity contribution is 5.94. The van der Waals surface area contributed by atoms with Gasteiger partial charge in [0.05, 0.1) is 28.4 Å². The number of pyridine rings is 2. The summed E-state index contributed by atoms with van der Waals surface area (Å²) in [6, 6.07) is 5.50. The fraction of sp³-hybridized carbons (Fsp3) is 0.143. The van der Waals surface area contributed by atoms with Gasteiger partial charge in [0.25, 0.3) is 5.91 Å². The van der Waals surface area contributed by atoms with Gasteiger partial charge in [0, 0.05) is 12.4 Å². The van der Waals surface area contributed by atoms with Crippen molar-refractivity contribution in [3.8, 4) is 0 Å². The van der Waals surface area contributed by atoms with Crippen molar-refractivity contribution in [1.82, 2.24) is 15.3 Å². The lowest BCUT2D eigenvalue weighted by molar-refractivity contribution is -0.139. The Morgan fingerprint density at radius 1 is 0.879 bits per heavy atom. The molecule has 1 atom stereocenters. The van der Waals surface area contributed by atoms with Crippen molar-refractivity contribution < 1.29 is 41.0 Å². The van der Waals surface area contributed by atoms with Crippen LogP contribution in [0, 0.1) is 0 Å². The quantitative estimate of drug-likeness (QED) is 0.527. The number of benzene rings is 1. The number of carboxylic acids is 1. The normalized spacial score (nSPS) is 12.8. The SMILES string of the molecule is O=C(O)c1ccc(C(=O)NC(c2ccc(C(F)(F)F)cc2)c2ncccc2C(F)(F)F)nc1. The molecule has 1 unspecified atom stereocenters. The molecule has 172 valence electrons. The summed E-state index contributed by atoms with van der Waals surface area (Å²) in [7, 11) is 0. The molecule has 6 nitrogen and oxygen atoms in total. The van der Waals surface area contributed by atoms with Crippen LogP contribution in [-0.4, -0.2) is 27.0 Å². The molecule has 1 amide bonds. The zero-order valence-electron chi connectivity index (χ0n) is 16.3. The Hall–Kier alpha value is -3.96. The van der Waals surface area contributed by atoms with Crippen molar-refractivity contribution in [1.29, 1.82) is 0 Å². The van der Waals surface area contributed by atoms with Crippen LogP contribution in [0.2, 0.25) is 0 Å². The summed E-state index contributed by atoms with van der Waals surface area (Å²) in [5, 5.41) is 11.2. The number of hydrogen-bond acceptors (Lipinski definition) is 4. The summed E-state index contributed by atoms with van der Waals surface area (Å²) < 4.78 is 79.4. The predicted molar refractivity (Wildman–Crippen MR) is 101 cm³/mol. The molecule has 1 aromatic carbocycles. The lowest BCUT2D eigenvalue weighted by Gasteiger charge is -2.22. The maximum atomic E-state index is 13.6. The number of nitrogens with one attached hydrogen (secondary N) is 1. The first-order valence-corrected chi connectivity index (χ1v) is 9.07. The fourth-order valence-corrected chi connectivity index (χ4v) is 2.92. The third kappa shape index (κ3) is 5.45. The number of halogens is 6. The molecule has 0 spiro atoms. The molecule has 2 N–H and O–H groups in total. The number of nitrogens with zero attached hydrogens (tertiary/aromatic N) is 2. The zero-order chi connectivity index (χ0) is 24.4. The number of carbonyl (C=O) groups excluding carboxylic acids is 1. The van der Waals surface area contributed by atoms with Gasteiger partial charge in [0.2, 0.25) is 0 Å². The Balaban J connectivity index is 2.05. The van der Waals surface area contributed by atoms with Gasteiger partial charge in [-0.05, 0) is 42.0 Å². The lowest BCUT2D eigenvalue weighted by Crippen LogP contribution is -2.32. The standard InChI is InChI=1S/C21H13F6N3O3/c22-20(23,24)13-6-3-11(4-7-13)16(17-14(21(25,26)27)2-1-9-28-17)30-18(31)15-8-5-12(10-29-15)19(32)33/h1-10,16H,(H,30,31)(H,32,33). The molecule has 0 fully saturated rings. The van der Waals surface area contributed by atoms with E-state index in [1.165, 1.54) is 0 Å². The molecule has 0 bridgehead atoms. The van der Waals surface area contributed by atoms with Gasteiger partial charge < -0.3 is 10.4 Å². The number of alkyl halides is 6. The van der Waals surface area contributed by atoms with E-state index in [0.717, 1.165) is 48.8 Å². The first kappa shape index (κ1) is 23.7. The monoisotopic (exact) mass is 469 g/mol. The van der Waals surface area contributed by atoms with Crippen LogP contribution in [0.1, 0.15) is 49.3 Å². The zero-order valence-corrected chi connectivity index (χ0v) is 16.3. The molecule has 0 aliphatic rings. The van der Waals surface area contributed by atoms with E-state index >= 15 is 0 Å². The van der Waals surface area contributed by atoms with E-state index in [4.69, 9.17) is 5.11 Å². The average Bonchev–Trinajstić information content (AvgIpc) is 2.76. The van der Waals surface area contributed by atoms with Crippen molar-refractivity contribution in [2.75, 3.05) is 0 Å². The van der Waals surface area contributed by atoms with Crippen LogP contribution in [0.4, 0.5) is 26.3 Å². The number of amides is 1. The van der Waals surface area contributed by atoms with Crippen LogP contribution in [0.5, 0.6) is 0 Å². The Bertz CT molecular complexity index is 1160. The van der Waals surface area contributed by atoms with Crippen molar-refractivity contribution in [2.24, 2.45) is 0 Å². The molecule has 3 aromatic rings. The van der Waals surface area contributed by atoms with E-state index in [2.05, 4.69) is 15.3 Å². The Morgan fingerprint density at radius 2 is 1.55 bits per heavy atom. The van der Waals surface area contributed by atoms with Gasteiger partial charge in [-0.15, -0.1) is 0 Å². The third-order valence-corrected chi connectivity index (χ3v) is 4.51. The van der Waals surface area contributed by atoms with E-state index in [1.807, 2.05) is 0 Å². The van der Waals surface area contributed by atoms with Gasteiger partial charge in [-0.1, -0.05) is 12.1 Å². The molecular formula is C21H13F6N3O3. The molecule has 0 aliphatic heterocycles. The number of hydrogen-bond donors (Lipinski definition) is 2. The maximum Gasteiger partial charge on any atom is 0.418 e. The van der Waals surface area contributed by atoms with E-state index < -0.39 is 47.1 Å². The van der Waals surface area contributed by atoms with E-state index in [1.54, 1.807) is 0 Å². The molecule has 12 heteroatoms. The van der Waals surface area contributed by atoms with Crippen LogP contribution in [0.25, 0.3) is 0 Å². The van der Waals surface area contributed by atoms with Crippen LogP contribution in [-0.2, 0) is 12.4 Å². The highest BCUT2D eigenvalue weighted by Gasteiger charge is 2.37. The minimum atomic E-state index is -4.86. The summed E-state index contributed by atoms with van der Waals surface area (Å²) >= 11 is 0. The van der Waals surface area contributed by atoms with Crippen LogP contribution < -0.4 is 5.32 Å². The van der Waals surface area contributed by atoms with Gasteiger partial charge in [0.1, 0.15) is 5.69 Å². The van der Waals surface area contributed by atoms with Gasteiger partial charge in [-0.25, -0.2) is 4.79 Å². The van der Waals surface area contributed by atoms with Crippen molar-refractivity contribution in [3.63, 3.8) is 0 Å².